The molecule has 1 aliphatic rings. The predicted molar refractivity (Wildman–Crippen MR) is 119 cm³/mol. The first-order valence-corrected chi connectivity index (χ1v) is 10.5. The molecule has 1 aliphatic carbocycles. The molecule has 0 unspecified atom stereocenters. The number of alkyl carbamates (subject to hydrolysis) is 1. The Morgan fingerprint density at radius 1 is 0.968 bits per heavy atom. The molecule has 158 valence electrons. The number of aliphatic carboxylic acids is 1. The third kappa shape index (κ3) is 4.72. The quantitative estimate of drug-likeness (QED) is 0.530. The summed E-state index contributed by atoms with van der Waals surface area (Å²) in [6, 6.07) is 22.3. The highest BCUT2D eigenvalue weighted by atomic mass is 35.5. The number of carbonyl (C=O) groups is 2. The van der Waals surface area contributed by atoms with Gasteiger partial charge in [0.05, 0.1) is 0 Å². The number of hydrogen-bond donors (Lipinski definition) is 2. The predicted octanol–water partition coefficient (Wildman–Crippen LogP) is 5.26. The van der Waals surface area contributed by atoms with E-state index in [1.54, 1.807) is 12.1 Å². The summed E-state index contributed by atoms with van der Waals surface area (Å²) < 4.78 is 5.46. The number of hydrogen-bond acceptors (Lipinski definition) is 3. The van der Waals surface area contributed by atoms with Crippen LogP contribution in [0.4, 0.5) is 4.79 Å². The minimum absolute atomic E-state index is 0.0760. The second-order valence-electron chi connectivity index (χ2n) is 7.53. The van der Waals surface area contributed by atoms with Crippen molar-refractivity contribution in [3.05, 3.63) is 94.5 Å². The molecule has 1 amide bonds. The smallest absolute Gasteiger partial charge is 0.407 e. The zero-order valence-corrected chi connectivity index (χ0v) is 17.5. The van der Waals surface area contributed by atoms with Gasteiger partial charge in [-0.15, -0.1) is 0 Å². The summed E-state index contributed by atoms with van der Waals surface area (Å²) in [7, 11) is 0. The number of carboxylic acids is 1. The number of carbonyl (C=O) groups excluding carboxylic acids is 1. The van der Waals surface area contributed by atoms with Gasteiger partial charge in [-0.3, -0.25) is 0 Å². The summed E-state index contributed by atoms with van der Waals surface area (Å²) in [5.74, 6) is -1.18. The molecule has 0 aromatic heterocycles. The van der Waals surface area contributed by atoms with Gasteiger partial charge >= 0.3 is 12.1 Å². The Kier molecular flexibility index (Phi) is 6.23. The highest BCUT2D eigenvalue weighted by Crippen LogP contribution is 2.44. The van der Waals surface area contributed by atoms with E-state index in [1.807, 2.05) is 48.5 Å². The van der Waals surface area contributed by atoms with E-state index in [9.17, 15) is 14.7 Å². The summed E-state index contributed by atoms with van der Waals surface area (Å²) >= 11 is 5.98. The van der Waals surface area contributed by atoms with Crippen LogP contribution in [0.2, 0.25) is 5.02 Å². The summed E-state index contributed by atoms with van der Waals surface area (Å²) in [5, 5.41) is 12.6. The van der Waals surface area contributed by atoms with E-state index in [2.05, 4.69) is 17.4 Å². The zero-order chi connectivity index (χ0) is 21.8. The summed E-state index contributed by atoms with van der Waals surface area (Å²) in [6.07, 6.45) is -0.0264. The second-order valence-corrected chi connectivity index (χ2v) is 7.97. The third-order valence-electron chi connectivity index (χ3n) is 5.54. The molecule has 6 heteroatoms. The lowest BCUT2D eigenvalue weighted by atomic mass is 9.98. The van der Waals surface area contributed by atoms with E-state index < -0.39 is 18.1 Å². The maximum absolute atomic E-state index is 12.4. The van der Waals surface area contributed by atoms with Crippen LogP contribution in [-0.2, 0) is 16.0 Å². The first kappa shape index (κ1) is 20.9. The molecule has 0 saturated heterocycles. The van der Waals surface area contributed by atoms with Crippen LogP contribution in [0.3, 0.4) is 0 Å². The zero-order valence-electron chi connectivity index (χ0n) is 16.8. The number of benzene rings is 3. The topological polar surface area (TPSA) is 75.6 Å². The summed E-state index contributed by atoms with van der Waals surface area (Å²) in [5.41, 5.74) is 5.39. The van der Waals surface area contributed by atoms with E-state index in [0.29, 0.717) is 11.4 Å². The highest BCUT2D eigenvalue weighted by Gasteiger charge is 2.29. The van der Waals surface area contributed by atoms with E-state index in [-0.39, 0.29) is 18.9 Å². The molecule has 3 aromatic carbocycles. The van der Waals surface area contributed by atoms with Gasteiger partial charge in [-0.1, -0.05) is 72.3 Å². The number of ether oxygens (including phenoxy) is 1. The first-order chi connectivity index (χ1) is 15.0. The van der Waals surface area contributed by atoms with Crippen LogP contribution in [-0.4, -0.2) is 29.8 Å². The van der Waals surface area contributed by atoms with Crippen molar-refractivity contribution in [2.75, 3.05) is 6.61 Å². The van der Waals surface area contributed by atoms with E-state index in [4.69, 9.17) is 16.3 Å². The Labute approximate surface area is 185 Å². The molecule has 31 heavy (non-hydrogen) atoms. The van der Waals surface area contributed by atoms with Crippen molar-refractivity contribution in [3.63, 3.8) is 0 Å². The number of halogens is 1. The van der Waals surface area contributed by atoms with Gasteiger partial charge in [-0.2, -0.15) is 0 Å². The van der Waals surface area contributed by atoms with Crippen LogP contribution >= 0.6 is 11.6 Å². The van der Waals surface area contributed by atoms with E-state index in [0.717, 1.165) is 27.8 Å². The van der Waals surface area contributed by atoms with Crippen molar-refractivity contribution in [3.8, 4) is 11.1 Å². The molecule has 2 N–H and O–H groups in total. The molecular formula is C25H22ClNO4. The van der Waals surface area contributed by atoms with Crippen molar-refractivity contribution < 1.29 is 19.4 Å². The highest BCUT2D eigenvalue weighted by molar-refractivity contribution is 6.30. The summed E-state index contributed by atoms with van der Waals surface area (Å²) in [6.45, 7) is 0.139. The summed E-state index contributed by atoms with van der Waals surface area (Å²) in [4.78, 5) is 24.0. The van der Waals surface area contributed by atoms with Crippen LogP contribution in [0.5, 0.6) is 0 Å². The molecule has 3 aromatic rings. The van der Waals surface area contributed by atoms with Crippen molar-refractivity contribution in [2.24, 2.45) is 0 Å². The van der Waals surface area contributed by atoms with Gasteiger partial charge < -0.3 is 15.2 Å². The van der Waals surface area contributed by atoms with Crippen molar-refractivity contribution in [2.45, 2.75) is 24.8 Å². The Bertz CT molecular complexity index is 1070. The van der Waals surface area contributed by atoms with E-state index in [1.165, 1.54) is 0 Å². The van der Waals surface area contributed by atoms with Crippen LogP contribution in [0, 0.1) is 0 Å². The van der Waals surface area contributed by atoms with Crippen molar-refractivity contribution in [1.82, 2.24) is 5.32 Å². The first-order valence-electron chi connectivity index (χ1n) is 10.1. The lowest BCUT2D eigenvalue weighted by molar-refractivity contribution is -0.139. The average Bonchev–Trinajstić information content (AvgIpc) is 3.09. The van der Waals surface area contributed by atoms with Crippen LogP contribution in [0.1, 0.15) is 29.0 Å². The minimum Gasteiger partial charge on any atom is -0.480 e. The molecule has 0 spiro atoms. The monoisotopic (exact) mass is 435 g/mol. The number of aryl methyl sites for hydroxylation is 1. The van der Waals surface area contributed by atoms with Gasteiger partial charge in [0.2, 0.25) is 0 Å². The number of nitrogens with one attached hydrogen (secondary N) is 1. The Hall–Kier alpha value is -3.31. The van der Waals surface area contributed by atoms with Gasteiger partial charge in [-0.05, 0) is 52.8 Å². The molecule has 0 bridgehead atoms. The number of carboxylic acid groups (broad SMARTS) is 1. The lowest BCUT2D eigenvalue weighted by Crippen LogP contribution is -2.41. The number of fused-ring (bicyclic) bond motifs is 3. The van der Waals surface area contributed by atoms with Gasteiger partial charge in [0, 0.05) is 10.9 Å². The lowest BCUT2D eigenvalue weighted by Gasteiger charge is -2.17. The molecule has 0 radical (unpaired) electrons. The molecule has 5 nitrogen and oxygen atoms in total. The third-order valence-corrected chi connectivity index (χ3v) is 5.78. The largest absolute Gasteiger partial charge is 0.480 e. The normalized spacial score (nSPS) is 13.2. The SMILES string of the molecule is O=C(N[C@@H](CCc1cccc(Cl)c1)C(=O)O)OCC1c2ccccc2-c2ccccc21. The molecule has 0 fully saturated rings. The van der Waals surface area contributed by atoms with Gasteiger partial charge in [0.15, 0.2) is 0 Å². The van der Waals surface area contributed by atoms with Crippen LogP contribution < -0.4 is 5.32 Å². The maximum Gasteiger partial charge on any atom is 0.407 e. The Morgan fingerprint density at radius 2 is 1.61 bits per heavy atom. The molecule has 0 saturated carbocycles. The Morgan fingerprint density at radius 3 is 2.23 bits per heavy atom. The minimum atomic E-state index is -1.10. The van der Waals surface area contributed by atoms with Gasteiger partial charge in [-0.25, -0.2) is 9.59 Å². The number of rotatable bonds is 7. The fraction of sp³-hybridized carbons (Fsp3) is 0.200. The molecule has 0 heterocycles. The second kappa shape index (κ2) is 9.23. The van der Waals surface area contributed by atoms with Crippen molar-refractivity contribution >= 4 is 23.7 Å². The van der Waals surface area contributed by atoms with Crippen LogP contribution in [0.15, 0.2) is 72.8 Å². The van der Waals surface area contributed by atoms with Crippen LogP contribution in [0.25, 0.3) is 11.1 Å². The average molecular weight is 436 g/mol. The number of amides is 1. The molecule has 0 aliphatic heterocycles. The van der Waals surface area contributed by atoms with Gasteiger partial charge in [0.25, 0.3) is 0 Å². The van der Waals surface area contributed by atoms with Gasteiger partial charge in [0.1, 0.15) is 12.6 Å². The maximum atomic E-state index is 12.4. The standard InChI is InChI=1S/C25H22ClNO4/c26-17-7-5-6-16(14-17)12-13-23(24(28)29)27-25(30)31-15-22-20-10-3-1-8-18(20)19-9-2-4-11-21(19)22/h1-11,14,22-23H,12-13,15H2,(H,27,30)(H,28,29)/t23-/m0/s1. The molecule has 4 rings (SSSR count). The molecular weight excluding hydrogens is 414 g/mol. The van der Waals surface area contributed by atoms with Crippen molar-refractivity contribution in [1.29, 1.82) is 0 Å². The fourth-order valence-corrected chi connectivity index (χ4v) is 4.26. The molecule has 1 atom stereocenters. The van der Waals surface area contributed by atoms with E-state index >= 15 is 0 Å². The fourth-order valence-electron chi connectivity index (χ4n) is 4.04. The Balaban J connectivity index is 1.38.